The lowest BCUT2D eigenvalue weighted by Gasteiger charge is -2.20. The molecule has 0 bridgehead atoms. The van der Waals surface area contributed by atoms with Gasteiger partial charge in [0.25, 0.3) is 0 Å². The Labute approximate surface area is 208 Å². The molecule has 2 aromatic carbocycles. The Hall–Kier alpha value is -2.01. The van der Waals surface area contributed by atoms with Gasteiger partial charge in [0.2, 0.25) is 0 Å². The summed E-state index contributed by atoms with van der Waals surface area (Å²) in [4.78, 5) is 4.59. The predicted molar refractivity (Wildman–Crippen MR) is 140 cm³/mol. The zero-order valence-electron chi connectivity index (χ0n) is 19.1. The molecule has 32 heavy (non-hydrogen) atoms. The standard InChI is InChI=1S/C23H33N3O4S.HI/c1-5-29-21-14-13-19(17-22(21)30-6-2)18(3)26-23(24-4)25-15-10-16-31(27,28)20-11-8-7-9-12-20;/h7-9,11-14,17-18H,5-6,10,15-16H2,1-4H3,(H2,24,25,26);1H. The summed E-state index contributed by atoms with van der Waals surface area (Å²) in [5, 5.41) is 6.51. The molecule has 0 fully saturated rings. The molecule has 0 amide bonds. The number of ether oxygens (including phenoxy) is 2. The van der Waals surface area contributed by atoms with Crippen LogP contribution in [-0.4, -0.2) is 46.9 Å². The first-order valence-corrected chi connectivity index (χ1v) is 12.2. The highest BCUT2D eigenvalue weighted by atomic mass is 127. The molecule has 9 heteroatoms. The van der Waals surface area contributed by atoms with Crippen molar-refractivity contribution in [2.45, 2.75) is 38.1 Å². The lowest BCUT2D eigenvalue weighted by atomic mass is 10.1. The van der Waals surface area contributed by atoms with Gasteiger partial charge in [0.1, 0.15) is 0 Å². The molecule has 0 aliphatic heterocycles. The Bertz CT molecular complexity index is 953. The number of nitrogens with zero attached hydrogens (tertiary/aromatic N) is 1. The van der Waals surface area contributed by atoms with Crippen LogP contribution in [0, 0.1) is 0 Å². The molecule has 1 unspecified atom stereocenters. The first kappa shape index (κ1) is 28.0. The molecule has 1 atom stereocenters. The number of hydrogen-bond donors (Lipinski definition) is 2. The van der Waals surface area contributed by atoms with Crippen molar-refractivity contribution in [2.24, 2.45) is 4.99 Å². The van der Waals surface area contributed by atoms with E-state index in [-0.39, 0.29) is 35.8 Å². The second kappa shape index (κ2) is 14.2. The van der Waals surface area contributed by atoms with Crippen molar-refractivity contribution in [3.63, 3.8) is 0 Å². The van der Waals surface area contributed by atoms with Gasteiger partial charge >= 0.3 is 0 Å². The smallest absolute Gasteiger partial charge is 0.191 e. The number of hydrogen-bond acceptors (Lipinski definition) is 5. The highest BCUT2D eigenvalue weighted by molar-refractivity contribution is 14.0. The molecule has 2 aromatic rings. The fourth-order valence-corrected chi connectivity index (χ4v) is 4.37. The van der Waals surface area contributed by atoms with Gasteiger partial charge < -0.3 is 20.1 Å². The summed E-state index contributed by atoms with van der Waals surface area (Å²) in [7, 11) is -1.59. The molecule has 0 aromatic heterocycles. The number of nitrogens with one attached hydrogen (secondary N) is 2. The molecule has 0 saturated heterocycles. The van der Waals surface area contributed by atoms with E-state index < -0.39 is 9.84 Å². The molecule has 0 spiro atoms. The van der Waals surface area contributed by atoms with Crippen molar-refractivity contribution in [2.75, 3.05) is 32.6 Å². The fraction of sp³-hybridized carbons (Fsp3) is 0.435. The fourth-order valence-electron chi connectivity index (χ4n) is 3.03. The first-order valence-electron chi connectivity index (χ1n) is 10.6. The molecule has 0 heterocycles. The molecule has 0 saturated carbocycles. The van der Waals surface area contributed by atoms with Gasteiger partial charge in [0.15, 0.2) is 27.3 Å². The second-order valence-electron chi connectivity index (χ2n) is 6.92. The summed E-state index contributed by atoms with van der Waals surface area (Å²) in [5.41, 5.74) is 1.03. The summed E-state index contributed by atoms with van der Waals surface area (Å²) >= 11 is 0. The van der Waals surface area contributed by atoms with Crippen LogP contribution in [0.5, 0.6) is 11.5 Å². The summed E-state index contributed by atoms with van der Waals surface area (Å²) in [6, 6.07) is 14.3. The van der Waals surface area contributed by atoms with Crippen LogP contribution >= 0.6 is 24.0 Å². The average molecular weight is 576 g/mol. The molecule has 7 nitrogen and oxygen atoms in total. The molecular weight excluding hydrogens is 541 g/mol. The average Bonchev–Trinajstić information content (AvgIpc) is 2.77. The highest BCUT2D eigenvalue weighted by Crippen LogP contribution is 2.30. The van der Waals surface area contributed by atoms with E-state index >= 15 is 0 Å². The number of halogens is 1. The van der Waals surface area contributed by atoms with Gasteiger partial charge in [-0.1, -0.05) is 24.3 Å². The normalized spacial score (nSPS) is 12.4. The van der Waals surface area contributed by atoms with Gasteiger partial charge in [0.05, 0.1) is 29.9 Å². The summed E-state index contributed by atoms with van der Waals surface area (Å²) in [6.45, 7) is 7.52. The van der Waals surface area contributed by atoms with Crippen LogP contribution < -0.4 is 20.1 Å². The van der Waals surface area contributed by atoms with Gasteiger partial charge in [-0.3, -0.25) is 4.99 Å². The molecule has 2 N–H and O–H groups in total. The minimum atomic E-state index is -3.28. The Morgan fingerprint density at radius 1 is 1.03 bits per heavy atom. The van der Waals surface area contributed by atoms with Crippen molar-refractivity contribution in [3.05, 3.63) is 54.1 Å². The topological polar surface area (TPSA) is 89.0 Å². The van der Waals surface area contributed by atoms with E-state index in [1.165, 1.54) is 0 Å². The van der Waals surface area contributed by atoms with Crippen LogP contribution in [0.15, 0.2) is 58.4 Å². The molecule has 2 rings (SSSR count). The lowest BCUT2D eigenvalue weighted by Crippen LogP contribution is -2.39. The number of benzene rings is 2. The number of guanidine groups is 1. The maximum Gasteiger partial charge on any atom is 0.191 e. The summed E-state index contributed by atoms with van der Waals surface area (Å²) < 4.78 is 36.1. The van der Waals surface area contributed by atoms with Gasteiger partial charge in [-0.25, -0.2) is 8.42 Å². The van der Waals surface area contributed by atoms with E-state index in [1.54, 1.807) is 37.4 Å². The van der Waals surface area contributed by atoms with Crippen molar-refractivity contribution in [1.29, 1.82) is 0 Å². The summed E-state index contributed by atoms with van der Waals surface area (Å²) in [6.07, 6.45) is 0.476. The van der Waals surface area contributed by atoms with Crippen LogP contribution in [0.25, 0.3) is 0 Å². The SMILES string of the molecule is CCOc1ccc(C(C)NC(=NC)NCCCS(=O)(=O)c2ccccc2)cc1OCC.I. The van der Waals surface area contributed by atoms with Crippen molar-refractivity contribution >= 4 is 39.8 Å². The van der Waals surface area contributed by atoms with Gasteiger partial charge in [-0.15, -0.1) is 24.0 Å². The van der Waals surface area contributed by atoms with Gasteiger partial charge in [-0.2, -0.15) is 0 Å². The third-order valence-corrected chi connectivity index (χ3v) is 6.45. The number of aliphatic imine (C=N–C) groups is 1. The van der Waals surface area contributed by atoms with E-state index in [4.69, 9.17) is 9.47 Å². The quantitative estimate of drug-likeness (QED) is 0.181. The van der Waals surface area contributed by atoms with Crippen molar-refractivity contribution in [3.8, 4) is 11.5 Å². The minimum Gasteiger partial charge on any atom is -0.490 e. The minimum absolute atomic E-state index is 0. The highest BCUT2D eigenvalue weighted by Gasteiger charge is 2.14. The van der Waals surface area contributed by atoms with E-state index in [0.717, 1.165) is 11.3 Å². The molecule has 0 aliphatic rings. The Morgan fingerprint density at radius 3 is 2.31 bits per heavy atom. The third-order valence-electron chi connectivity index (χ3n) is 4.63. The zero-order chi connectivity index (χ0) is 22.7. The molecular formula is C23H34IN3O4S. The number of rotatable bonds is 11. The Balaban J connectivity index is 0.00000512. The van der Waals surface area contributed by atoms with E-state index in [2.05, 4.69) is 15.6 Å². The second-order valence-corrected chi connectivity index (χ2v) is 9.03. The monoisotopic (exact) mass is 575 g/mol. The van der Waals surface area contributed by atoms with E-state index in [1.807, 2.05) is 39.0 Å². The van der Waals surface area contributed by atoms with Crippen LogP contribution in [0.3, 0.4) is 0 Å². The van der Waals surface area contributed by atoms with Crippen molar-refractivity contribution in [1.82, 2.24) is 10.6 Å². The van der Waals surface area contributed by atoms with Crippen molar-refractivity contribution < 1.29 is 17.9 Å². The van der Waals surface area contributed by atoms with Crippen LogP contribution in [0.2, 0.25) is 0 Å². The molecule has 0 aliphatic carbocycles. The number of sulfone groups is 1. The van der Waals surface area contributed by atoms with E-state index in [0.29, 0.717) is 42.8 Å². The van der Waals surface area contributed by atoms with Crippen LogP contribution in [0.1, 0.15) is 38.8 Å². The zero-order valence-corrected chi connectivity index (χ0v) is 22.3. The van der Waals surface area contributed by atoms with Gasteiger partial charge in [0, 0.05) is 13.6 Å². The third kappa shape index (κ3) is 8.50. The maximum absolute atomic E-state index is 12.4. The Kier molecular flexibility index (Phi) is 12.4. The summed E-state index contributed by atoms with van der Waals surface area (Å²) in [5.74, 6) is 2.12. The largest absolute Gasteiger partial charge is 0.490 e. The van der Waals surface area contributed by atoms with Crippen LogP contribution in [-0.2, 0) is 9.84 Å². The van der Waals surface area contributed by atoms with Crippen LogP contribution in [0.4, 0.5) is 0 Å². The lowest BCUT2D eigenvalue weighted by molar-refractivity contribution is 0.287. The first-order chi connectivity index (χ1) is 14.9. The van der Waals surface area contributed by atoms with Gasteiger partial charge in [-0.05, 0) is 57.0 Å². The molecule has 178 valence electrons. The van der Waals surface area contributed by atoms with E-state index in [9.17, 15) is 8.42 Å². The molecule has 0 radical (unpaired) electrons. The Morgan fingerprint density at radius 2 is 1.69 bits per heavy atom. The predicted octanol–water partition coefficient (Wildman–Crippen LogP) is 4.19. The maximum atomic E-state index is 12.4.